The van der Waals surface area contributed by atoms with Crippen LogP contribution in [0.4, 0.5) is 0 Å². The van der Waals surface area contributed by atoms with E-state index in [4.69, 9.17) is 9.47 Å². The summed E-state index contributed by atoms with van der Waals surface area (Å²) in [6.45, 7) is 3.02. The second-order valence-corrected chi connectivity index (χ2v) is 6.99. The highest BCUT2D eigenvalue weighted by Crippen LogP contribution is 2.37. The Morgan fingerprint density at radius 2 is 1.83 bits per heavy atom. The Morgan fingerprint density at radius 3 is 2.52 bits per heavy atom. The van der Waals surface area contributed by atoms with Crippen LogP contribution in [0.15, 0.2) is 45.3 Å². The molecular weight excluding hydrogens is 426 g/mol. The topological polar surface area (TPSA) is 47.6 Å². The van der Waals surface area contributed by atoms with Crippen molar-refractivity contribution in [2.45, 2.75) is 13.0 Å². The Morgan fingerprint density at radius 1 is 1.13 bits per heavy atom. The van der Waals surface area contributed by atoms with Gasteiger partial charge in [-0.1, -0.05) is 37.9 Å². The van der Waals surface area contributed by atoms with Crippen LogP contribution in [-0.2, 0) is 0 Å². The van der Waals surface area contributed by atoms with E-state index in [9.17, 15) is 4.79 Å². The standard InChI is InChI=1S/C17H15Br2NO3/c1-10(20-17(21)11-3-2-4-12(18)7-11)13-8-15-16(9-14(13)19)23-6-5-22-15/h2-4,7-10H,5-6H2,1H3,(H,20,21)/t10-/m1/s1. The molecule has 0 saturated heterocycles. The number of nitrogens with one attached hydrogen (secondary N) is 1. The minimum Gasteiger partial charge on any atom is -0.486 e. The van der Waals surface area contributed by atoms with Crippen molar-refractivity contribution in [1.29, 1.82) is 0 Å². The maximum absolute atomic E-state index is 12.4. The van der Waals surface area contributed by atoms with Crippen LogP contribution < -0.4 is 14.8 Å². The first-order valence-corrected chi connectivity index (χ1v) is 8.78. The lowest BCUT2D eigenvalue weighted by Crippen LogP contribution is -2.27. The summed E-state index contributed by atoms with van der Waals surface area (Å²) >= 11 is 6.92. The molecule has 1 amide bonds. The zero-order valence-corrected chi connectivity index (χ0v) is 15.6. The largest absolute Gasteiger partial charge is 0.486 e. The zero-order valence-electron chi connectivity index (χ0n) is 12.4. The maximum Gasteiger partial charge on any atom is 0.251 e. The van der Waals surface area contributed by atoms with E-state index in [0.29, 0.717) is 24.5 Å². The molecule has 2 aromatic carbocycles. The van der Waals surface area contributed by atoms with Gasteiger partial charge in [0.15, 0.2) is 11.5 Å². The lowest BCUT2D eigenvalue weighted by atomic mass is 10.1. The number of benzene rings is 2. The molecule has 1 aliphatic rings. The predicted octanol–water partition coefficient (Wildman–Crippen LogP) is 4.47. The smallest absolute Gasteiger partial charge is 0.251 e. The first-order valence-electron chi connectivity index (χ1n) is 7.20. The van der Waals surface area contributed by atoms with Gasteiger partial charge >= 0.3 is 0 Å². The molecule has 0 aromatic heterocycles. The SMILES string of the molecule is C[C@@H](NC(=O)c1cccc(Br)c1)c1cc2c(cc1Br)OCCO2. The molecule has 0 radical (unpaired) electrons. The van der Waals surface area contributed by atoms with Gasteiger partial charge in [-0.05, 0) is 42.8 Å². The third kappa shape index (κ3) is 3.70. The van der Waals surface area contributed by atoms with Gasteiger partial charge in [0.1, 0.15) is 13.2 Å². The van der Waals surface area contributed by atoms with Crippen molar-refractivity contribution in [2.24, 2.45) is 0 Å². The van der Waals surface area contributed by atoms with Crippen LogP contribution in [0.1, 0.15) is 28.9 Å². The highest BCUT2D eigenvalue weighted by atomic mass is 79.9. The third-order valence-electron chi connectivity index (χ3n) is 3.56. The van der Waals surface area contributed by atoms with Crippen LogP contribution in [0.2, 0.25) is 0 Å². The zero-order chi connectivity index (χ0) is 16.4. The minimum absolute atomic E-state index is 0.124. The number of hydrogen-bond acceptors (Lipinski definition) is 3. The monoisotopic (exact) mass is 439 g/mol. The lowest BCUT2D eigenvalue weighted by molar-refractivity contribution is 0.0939. The molecule has 120 valence electrons. The summed E-state index contributed by atoms with van der Waals surface area (Å²) in [5.41, 5.74) is 1.55. The number of ether oxygens (including phenoxy) is 2. The fourth-order valence-corrected chi connectivity index (χ4v) is 3.46. The van der Waals surface area contributed by atoms with E-state index in [0.717, 1.165) is 20.3 Å². The molecule has 1 heterocycles. The highest BCUT2D eigenvalue weighted by molar-refractivity contribution is 9.10. The summed E-state index contributed by atoms with van der Waals surface area (Å²) in [6, 6.07) is 10.9. The van der Waals surface area contributed by atoms with Crippen molar-refractivity contribution in [1.82, 2.24) is 5.32 Å². The summed E-state index contributed by atoms with van der Waals surface area (Å²) in [7, 11) is 0. The quantitative estimate of drug-likeness (QED) is 0.765. The van der Waals surface area contributed by atoms with Gasteiger partial charge < -0.3 is 14.8 Å². The van der Waals surface area contributed by atoms with E-state index in [1.807, 2.05) is 31.2 Å². The lowest BCUT2D eigenvalue weighted by Gasteiger charge is -2.22. The fourth-order valence-electron chi connectivity index (χ4n) is 2.40. The number of fused-ring (bicyclic) bond motifs is 1. The summed E-state index contributed by atoms with van der Waals surface area (Å²) in [5.74, 6) is 1.30. The third-order valence-corrected chi connectivity index (χ3v) is 4.74. The molecule has 0 bridgehead atoms. The highest BCUT2D eigenvalue weighted by Gasteiger charge is 2.19. The molecule has 23 heavy (non-hydrogen) atoms. The second kappa shape index (κ2) is 6.93. The van der Waals surface area contributed by atoms with Gasteiger partial charge in [-0.3, -0.25) is 4.79 Å². The van der Waals surface area contributed by atoms with Crippen LogP contribution in [0.5, 0.6) is 11.5 Å². The van der Waals surface area contributed by atoms with Gasteiger partial charge in [0.2, 0.25) is 0 Å². The van der Waals surface area contributed by atoms with Crippen LogP contribution in [-0.4, -0.2) is 19.1 Å². The van der Waals surface area contributed by atoms with Crippen molar-refractivity contribution < 1.29 is 14.3 Å². The first kappa shape index (κ1) is 16.3. The van der Waals surface area contributed by atoms with Crippen molar-refractivity contribution in [3.05, 3.63) is 56.5 Å². The summed E-state index contributed by atoms with van der Waals surface area (Å²) in [6.07, 6.45) is 0. The Labute approximate surface area is 151 Å². The van der Waals surface area contributed by atoms with E-state index >= 15 is 0 Å². The normalized spacial score (nSPS) is 14.2. The van der Waals surface area contributed by atoms with E-state index in [2.05, 4.69) is 37.2 Å². The predicted molar refractivity (Wildman–Crippen MR) is 95.2 cm³/mol. The van der Waals surface area contributed by atoms with E-state index < -0.39 is 0 Å². The van der Waals surface area contributed by atoms with Gasteiger partial charge in [-0.25, -0.2) is 0 Å². The first-order chi connectivity index (χ1) is 11.0. The molecule has 0 fully saturated rings. The number of hydrogen-bond donors (Lipinski definition) is 1. The van der Waals surface area contributed by atoms with Crippen molar-refractivity contribution >= 4 is 37.8 Å². The van der Waals surface area contributed by atoms with Crippen LogP contribution in [0.3, 0.4) is 0 Å². The Hall–Kier alpha value is -1.53. The van der Waals surface area contributed by atoms with Crippen molar-refractivity contribution in [3.8, 4) is 11.5 Å². The molecule has 1 atom stereocenters. The molecule has 1 N–H and O–H groups in total. The summed E-state index contributed by atoms with van der Waals surface area (Å²) < 4.78 is 12.9. The molecular formula is C17H15Br2NO3. The molecule has 3 rings (SSSR count). The van der Waals surface area contributed by atoms with Gasteiger partial charge in [0.25, 0.3) is 5.91 Å². The Bertz CT molecular complexity index is 749. The molecule has 6 heteroatoms. The molecule has 0 unspecified atom stereocenters. The maximum atomic E-state index is 12.4. The number of rotatable bonds is 3. The van der Waals surface area contributed by atoms with Gasteiger partial charge in [0.05, 0.1) is 6.04 Å². The number of amides is 1. The molecule has 1 aliphatic heterocycles. The average Bonchev–Trinajstić information content (AvgIpc) is 2.54. The van der Waals surface area contributed by atoms with Gasteiger partial charge in [-0.15, -0.1) is 0 Å². The van der Waals surface area contributed by atoms with Crippen molar-refractivity contribution in [3.63, 3.8) is 0 Å². The van der Waals surface area contributed by atoms with Crippen LogP contribution in [0.25, 0.3) is 0 Å². The minimum atomic E-state index is -0.174. The average molecular weight is 441 g/mol. The number of carbonyl (C=O) groups is 1. The second-order valence-electron chi connectivity index (χ2n) is 5.22. The van der Waals surface area contributed by atoms with E-state index in [-0.39, 0.29) is 11.9 Å². The van der Waals surface area contributed by atoms with E-state index in [1.165, 1.54) is 0 Å². The van der Waals surface area contributed by atoms with Gasteiger partial charge in [-0.2, -0.15) is 0 Å². The molecule has 4 nitrogen and oxygen atoms in total. The summed E-state index contributed by atoms with van der Waals surface area (Å²) in [4.78, 5) is 12.4. The van der Waals surface area contributed by atoms with Crippen molar-refractivity contribution in [2.75, 3.05) is 13.2 Å². The van der Waals surface area contributed by atoms with E-state index in [1.54, 1.807) is 12.1 Å². The van der Waals surface area contributed by atoms with Crippen LogP contribution >= 0.6 is 31.9 Å². The Kier molecular flexibility index (Phi) is 4.92. The Balaban J connectivity index is 1.80. The summed E-state index contributed by atoms with van der Waals surface area (Å²) in [5, 5.41) is 3.00. The van der Waals surface area contributed by atoms with Crippen LogP contribution in [0, 0.1) is 0 Å². The molecule has 0 saturated carbocycles. The molecule has 0 spiro atoms. The fraction of sp³-hybridized carbons (Fsp3) is 0.235. The molecule has 0 aliphatic carbocycles. The van der Waals surface area contributed by atoms with Gasteiger partial charge in [0, 0.05) is 14.5 Å². The number of carbonyl (C=O) groups excluding carboxylic acids is 1. The number of halogens is 2. The molecule has 2 aromatic rings.